The summed E-state index contributed by atoms with van der Waals surface area (Å²) in [6.07, 6.45) is 3.96. The van der Waals surface area contributed by atoms with Crippen LogP contribution in [0.4, 0.5) is 0 Å². The molecular formula is C18H30N2. The van der Waals surface area contributed by atoms with Crippen LogP contribution in [0.1, 0.15) is 32.3 Å². The second-order valence-electron chi connectivity index (χ2n) is 7.10. The van der Waals surface area contributed by atoms with Gasteiger partial charge in [-0.2, -0.15) is 0 Å². The van der Waals surface area contributed by atoms with Gasteiger partial charge in [-0.25, -0.2) is 0 Å². The lowest BCUT2D eigenvalue weighted by molar-refractivity contribution is 0.128. The van der Waals surface area contributed by atoms with Crippen LogP contribution in [-0.2, 0) is 6.42 Å². The maximum atomic E-state index is 3.31. The lowest BCUT2D eigenvalue weighted by atomic mass is 9.87. The smallest absolute Gasteiger partial charge is 0.00448 e. The first kappa shape index (κ1) is 15.5. The number of likely N-dealkylation sites (tertiary alicyclic amines) is 1. The zero-order chi connectivity index (χ0) is 14.4. The molecule has 2 rings (SSSR count). The van der Waals surface area contributed by atoms with E-state index >= 15 is 0 Å². The van der Waals surface area contributed by atoms with Gasteiger partial charge in [0.2, 0.25) is 0 Å². The molecule has 0 bridgehead atoms. The van der Waals surface area contributed by atoms with Crippen LogP contribution in [0.2, 0.25) is 0 Å². The van der Waals surface area contributed by atoms with Crippen molar-refractivity contribution in [3.05, 3.63) is 35.9 Å². The Hall–Kier alpha value is -0.860. The molecule has 112 valence electrons. The van der Waals surface area contributed by atoms with E-state index in [1.807, 2.05) is 7.05 Å². The first-order valence-corrected chi connectivity index (χ1v) is 8.00. The SMILES string of the molecule is CNCC(C)(C)CN1CCC(Cc2ccccc2)CC1. The van der Waals surface area contributed by atoms with E-state index < -0.39 is 0 Å². The first-order valence-electron chi connectivity index (χ1n) is 8.00. The van der Waals surface area contributed by atoms with Crippen LogP contribution in [0, 0.1) is 11.3 Å². The van der Waals surface area contributed by atoms with Gasteiger partial charge in [0.25, 0.3) is 0 Å². The lowest BCUT2D eigenvalue weighted by Gasteiger charge is -2.37. The number of nitrogens with zero attached hydrogens (tertiary/aromatic N) is 1. The third kappa shape index (κ3) is 4.92. The van der Waals surface area contributed by atoms with Gasteiger partial charge in [-0.15, -0.1) is 0 Å². The number of hydrogen-bond acceptors (Lipinski definition) is 2. The second-order valence-corrected chi connectivity index (χ2v) is 7.10. The molecule has 0 unspecified atom stereocenters. The van der Waals surface area contributed by atoms with Crippen LogP contribution < -0.4 is 5.32 Å². The largest absolute Gasteiger partial charge is 0.319 e. The van der Waals surface area contributed by atoms with Crippen LogP contribution in [0.25, 0.3) is 0 Å². The highest BCUT2D eigenvalue weighted by molar-refractivity contribution is 5.15. The minimum absolute atomic E-state index is 0.376. The summed E-state index contributed by atoms with van der Waals surface area (Å²) in [5, 5.41) is 3.31. The Bertz CT molecular complexity index is 378. The van der Waals surface area contributed by atoms with Crippen molar-refractivity contribution in [3.8, 4) is 0 Å². The van der Waals surface area contributed by atoms with E-state index in [1.54, 1.807) is 0 Å². The fourth-order valence-electron chi connectivity index (χ4n) is 3.44. The molecule has 1 aliphatic rings. The summed E-state index contributed by atoms with van der Waals surface area (Å²) in [4.78, 5) is 2.65. The van der Waals surface area contributed by atoms with Crippen molar-refractivity contribution in [1.29, 1.82) is 0 Å². The highest BCUT2D eigenvalue weighted by Crippen LogP contribution is 2.24. The van der Waals surface area contributed by atoms with Crippen LogP contribution in [0.15, 0.2) is 30.3 Å². The molecule has 2 nitrogen and oxygen atoms in total. The second kappa shape index (κ2) is 7.24. The monoisotopic (exact) mass is 274 g/mol. The highest BCUT2D eigenvalue weighted by atomic mass is 15.1. The maximum Gasteiger partial charge on any atom is 0.00448 e. The van der Waals surface area contributed by atoms with Crippen LogP contribution in [-0.4, -0.2) is 38.1 Å². The first-order chi connectivity index (χ1) is 9.59. The number of piperidine rings is 1. The van der Waals surface area contributed by atoms with Crippen molar-refractivity contribution in [3.63, 3.8) is 0 Å². The molecular weight excluding hydrogens is 244 g/mol. The lowest BCUT2D eigenvalue weighted by Crippen LogP contribution is -2.43. The Morgan fingerprint density at radius 3 is 2.40 bits per heavy atom. The van der Waals surface area contributed by atoms with Crippen molar-refractivity contribution in [1.82, 2.24) is 10.2 Å². The van der Waals surface area contributed by atoms with E-state index in [0.29, 0.717) is 5.41 Å². The molecule has 0 spiro atoms. The molecule has 0 aliphatic carbocycles. The van der Waals surface area contributed by atoms with Gasteiger partial charge in [0.1, 0.15) is 0 Å². The van der Waals surface area contributed by atoms with Gasteiger partial charge < -0.3 is 10.2 Å². The Morgan fingerprint density at radius 2 is 1.80 bits per heavy atom. The normalized spacial score (nSPS) is 18.4. The standard InChI is InChI=1S/C18H30N2/c1-18(2,14-19-3)15-20-11-9-17(10-12-20)13-16-7-5-4-6-8-16/h4-8,17,19H,9-15H2,1-3H3. The Labute approximate surface area is 124 Å². The number of hydrogen-bond donors (Lipinski definition) is 1. The van der Waals surface area contributed by atoms with Crippen molar-refractivity contribution in [2.75, 3.05) is 33.2 Å². The van der Waals surface area contributed by atoms with Gasteiger partial charge in [0.15, 0.2) is 0 Å². The third-order valence-corrected chi connectivity index (χ3v) is 4.38. The van der Waals surface area contributed by atoms with Crippen molar-refractivity contribution >= 4 is 0 Å². The van der Waals surface area contributed by atoms with E-state index in [2.05, 4.69) is 54.4 Å². The van der Waals surface area contributed by atoms with Gasteiger partial charge in [-0.05, 0) is 56.3 Å². The van der Waals surface area contributed by atoms with E-state index in [4.69, 9.17) is 0 Å². The van der Waals surface area contributed by atoms with Gasteiger partial charge in [0.05, 0.1) is 0 Å². The summed E-state index contributed by atoms with van der Waals surface area (Å²) < 4.78 is 0. The van der Waals surface area contributed by atoms with E-state index in [9.17, 15) is 0 Å². The van der Waals surface area contributed by atoms with Crippen molar-refractivity contribution < 1.29 is 0 Å². The molecule has 20 heavy (non-hydrogen) atoms. The molecule has 0 amide bonds. The number of rotatable bonds is 6. The number of benzene rings is 1. The summed E-state index contributed by atoms with van der Waals surface area (Å²) in [7, 11) is 2.05. The Balaban J connectivity index is 1.75. The zero-order valence-corrected chi connectivity index (χ0v) is 13.4. The van der Waals surface area contributed by atoms with E-state index in [0.717, 1.165) is 12.5 Å². The Morgan fingerprint density at radius 1 is 1.15 bits per heavy atom. The number of nitrogens with one attached hydrogen (secondary N) is 1. The molecule has 0 saturated carbocycles. The van der Waals surface area contributed by atoms with Gasteiger partial charge in [-0.1, -0.05) is 44.2 Å². The fourth-order valence-corrected chi connectivity index (χ4v) is 3.44. The summed E-state index contributed by atoms with van der Waals surface area (Å²) in [5.74, 6) is 0.876. The minimum Gasteiger partial charge on any atom is -0.319 e. The third-order valence-electron chi connectivity index (χ3n) is 4.38. The fraction of sp³-hybridized carbons (Fsp3) is 0.667. The molecule has 1 fully saturated rings. The molecule has 1 aliphatic heterocycles. The van der Waals surface area contributed by atoms with E-state index in [-0.39, 0.29) is 0 Å². The summed E-state index contributed by atoms with van der Waals surface area (Å²) in [6, 6.07) is 11.0. The topological polar surface area (TPSA) is 15.3 Å². The van der Waals surface area contributed by atoms with Crippen LogP contribution in [0.3, 0.4) is 0 Å². The molecule has 1 saturated heterocycles. The van der Waals surface area contributed by atoms with Gasteiger partial charge in [-0.3, -0.25) is 0 Å². The predicted octanol–water partition coefficient (Wildman–Crippen LogP) is 3.19. The maximum absolute atomic E-state index is 3.31. The zero-order valence-electron chi connectivity index (χ0n) is 13.4. The molecule has 0 radical (unpaired) electrons. The predicted molar refractivity (Wildman–Crippen MR) is 87.0 cm³/mol. The molecule has 1 aromatic rings. The van der Waals surface area contributed by atoms with Gasteiger partial charge in [0, 0.05) is 13.1 Å². The quantitative estimate of drug-likeness (QED) is 0.857. The average molecular weight is 274 g/mol. The molecule has 2 heteroatoms. The van der Waals surface area contributed by atoms with Crippen molar-refractivity contribution in [2.45, 2.75) is 33.1 Å². The van der Waals surface area contributed by atoms with Crippen molar-refractivity contribution in [2.24, 2.45) is 11.3 Å². The van der Waals surface area contributed by atoms with Crippen LogP contribution >= 0.6 is 0 Å². The molecule has 0 atom stereocenters. The highest BCUT2D eigenvalue weighted by Gasteiger charge is 2.25. The summed E-state index contributed by atoms with van der Waals surface area (Å²) in [6.45, 7) is 9.57. The summed E-state index contributed by atoms with van der Waals surface area (Å²) in [5.41, 5.74) is 1.88. The summed E-state index contributed by atoms with van der Waals surface area (Å²) >= 11 is 0. The van der Waals surface area contributed by atoms with Gasteiger partial charge >= 0.3 is 0 Å². The van der Waals surface area contributed by atoms with E-state index in [1.165, 1.54) is 44.5 Å². The molecule has 1 N–H and O–H groups in total. The molecule has 1 heterocycles. The molecule has 0 aromatic heterocycles. The molecule has 1 aromatic carbocycles. The Kier molecular flexibility index (Phi) is 5.62. The van der Waals surface area contributed by atoms with Crippen LogP contribution in [0.5, 0.6) is 0 Å². The average Bonchev–Trinajstić information content (AvgIpc) is 2.42. The minimum atomic E-state index is 0.376.